The van der Waals surface area contributed by atoms with E-state index in [-0.39, 0.29) is 12.3 Å². The van der Waals surface area contributed by atoms with E-state index >= 15 is 0 Å². The third kappa shape index (κ3) is 4.22. The first-order valence-corrected chi connectivity index (χ1v) is 7.93. The van der Waals surface area contributed by atoms with Crippen LogP contribution in [0.25, 0.3) is 0 Å². The van der Waals surface area contributed by atoms with Gasteiger partial charge in [0.2, 0.25) is 0 Å². The lowest BCUT2D eigenvalue weighted by Gasteiger charge is -2.35. The molecule has 0 spiro atoms. The van der Waals surface area contributed by atoms with Crippen molar-refractivity contribution < 1.29 is 19.4 Å². The highest BCUT2D eigenvalue weighted by Gasteiger charge is 2.32. The Morgan fingerprint density at radius 1 is 1.41 bits per heavy atom. The smallest absolute Gasteiger partial charge is 0.410 e. The minimum absolute atomic E-state index is 0.00602. The van der Waals surface area contributed by atoms with Gasteiger partial charge in [0.05, 0.1) is 6.42 Å². The molecule has 0 saturated heterocycles. The molecule has 6 heteroatoms. The predicted octanol–water partition coefficient (Wildman–Crippen LogP) is 3.76. The molecule has 0 bridgehead atoms. The fourth-order valence-electron chi connectivity index (χ4n) is 2.59. The molecule has 0 aliphatic carbocycles. The molecule has 1 aliphatic rings. The van der Waals surface area contributed by atoms with Crippen molar-refractivity contribution in [2.45, 2.75) is 45.3 Å². The maximum absolute atomic E-state index is 12.3. The number of nitrogens with zero attached hydrogens (tertiary/aromatic N) is 1. The molecule has 1 atom stereocenters. The Morgan fingerprint density at radius 3 is 2.68 bits per heavy atom. The summed E-state index contributed by atoms with van der Waals surface area (Å²) in [5.74, 6) is -1.09. The van der Waals surface area contributed by atoms with E-state index in [0.29, 0.717) is 13.1 Å². The molecule has 5 nitrogen and oxygen atoms in total. The Bertz CT molecular complexity index is 594. The molecule has 0 radical (unpaired) electrons. The highest BCUT2D eigenvalue weighted by Crippen LogP contribution is 2.33. The number of rotatable bonds is 2. The van der Waals surface area contributed by atoms with Gasteiger partial charge in [-0.3, -0.25) is 4.79 Å². The number of aliphatic carboxylic acids is 1. The summed E-state index contributed by atoms with van der Waals surface area (Å²) in [7, 11) is 0. The van der Waals surface area contributed by atoms with Gasteiger partial charge in [-0.25, -0.2) is 4.79 Å². The number of carbonyl (C=O) groups excluding carboxylic acids is 1. The van der Waals surface area contributed by atoms with Crippen molar-refractivity contribution in [1.82, 2.24) is 4.90 Å². The van der Waals surface area contributed by atoms with Crippen LogP contribution in [0.4, 0.5) is 4.79 Å². The van der Waals surface area contributed by atoms with Crippen molar-refractivity contribution in [1.29, 1.82) is 0 Å². The lowest BCUT2D eigenvalue weighted by atomic mass is 9.87. The van der Waals surface area contributed by atoms with Gasteiger partial charge in [0, 0.05) is 23.5 Å². The first kappa shape index (κ1) is 16.8. The average molecular weight is 370 g/mol. The molecule has 1 amide bonds. The normalized spacial score (nSPS) is 17.8. The second kappa shape index (κ2) is 6.28. The van der Waals surface area contributed by atoms with E-state index in [2.05, 4.69) is 15.9 Å². The van der Waals surface area contributed by atoms with Crippen LogP contribution in [0, 0.1) is 0 Å². The zero-order valence-corrected chi connectivity index (χ0v) is 14.5. The Morgan fingerprint density at radius 2 is 2.09 bits per heavy atom. The first-order valence-electron chi connectivity index (χ1n) is 7.14. The van der Waals surface area contributed by atoms with Gasteiger partial charge in [0.15, 0.2) is 0 Å². The van der Waals surface area contributed by atoms with E-state index in [0.717, 1.165) is 15.6 Å². The number of hydrogen-bond donors (Lipinski definition) is 1. The third-order valence-corrected chi connectivity index (χ3v) is 3.91. The molecule has 1 N–H and O–H groups in total. The van der Waals surface area contributed by atoms with Crippen molar-refractivity contribution in [3.05, 3.63) is 33.8 Å². The lowest BCUT2D eigenvalue weighted by Crippen LogP contribution is -2.41. The van der Waals surface area contributed by atoms with E-state index < -0.39 is 17.7 Å². The Hall–Kier alpha value is -1.56. The molecule has 0 fully saturated rings. The SMILES string of the molecule is CC(C)(C)OC(=O)N1Cc2cc(Br)ccc2C(CC(=O)O)C1. The number of ether oxygens (including phenoxy) is 1. The molecule has 2 rings (SSSR count). The molecule has 0 aromatic heterocycles. The van der Waals surface area contributed by atoms with Crippen LogP contribution in [0.2, 0.25) is 0 Å². The molecular formula is C16H20BrNO4. The molecular weight excluding hydrogens is 350 g/mol. The topological polar surface area (TPSA) is 66.8 Å². The summed E-state index contributed by atoms with van der Waals surface area (Å²) in [6.07, 6.45) is -0.415. The maximum Gasteiger partial charge on any atom is 0.410 e. The minimum atomic E-state index is -0.870. The number of benzene rings is 1. The van der Waals surface area contributed by atoms with Crippen LogP contribution >= 0.6 is 15.9 Å². The summed E-state index contributed by atoms with van der Waals surface area (Å²) in [4.78, 5) is 25.0. The summed E-state index contributed by atoms with van der Waals surface area (Å²) in [5.41, 5.74) is 1.37. The van der Waals surface area contributed by atoms with Crippen LogP contribution in [-0.4, -0.2) is 34.2 Å². The number of carbonyl (C=O) groups is 2. The molecule has 1 aromatic carbocycles. The van der Waals surface area contributed by atoms with Crippen LogP contribution in [0.3, 0.4) is 0 Å². The summed E-state index contributed by atoms with van der Waals surface area (Å²) < 4.78 is 6.31. The van der Waals surface area contributed by atoms with Crippen molar-refractivity contribution in [2.75, 3.05) is 6.54 Å². The fraction of sp³-hybridized carbons (Fsp3) is 0.500. The highest BCUT2D eigenvalue weighted by atomic mass is 79.9. The van der Waals surface area contributed by atoms with Crippen molar-refractivity contribution >= 4 is 28.0 Å². The highest BCUT2D eigenvalue weighted by molar-refractivity contribution is 9.10. The van der Waals surface area contributed by atoms with E-state index in [4.69, 9.17) is 9.84 Å². The molecule has 1 aliphatic heterocycles. The summed E-state index contributed by atoms with van der Waals surface area (Å²) >= 11 is 3.42. The quantitative estimate of drug-likeness (QED) is 0.861. The zero-order valence-electron chi connectivity index (χ0n) is 12.9. The van der Waals surface area contributed by atoms with E-state index in [1.165, 1.54) is 0 Å². The van der Waals surface area contributed by atoms with E-state index in [1.807, 2.05) is 39.0 Å². The summed E-state index contributed by atoms with van der Waals surface area (Å²) in [6, 6.07) is 5.76. The van der Waals surface area contributed by atoms with Gasteiger partial charge in [-0.15, -0.1) is 0 Å². The number of carboxylic acid groups (broad SMARTS) is 1. The maximum atomic E-state index is 12.3. The fourth-order valence-corrected chi connectivity index (χ4v) is 3.00. The van der Waals surface area contributed by atoms with Crippen LogP contribution in [0.15, 0.2) is 22.7 Å². The van der Waals surface area contributed by atoms with Gasteiger partial charge in [0.25, 0.3) is 0 Å². The third-order valence-electron chi connectivity index (χ3n) is 3.42. The molecule has 22 heavy (non-hydrogen) atoms. The van der Waals surface area contributed by atoms with Gasteiger partial charge in [-0.1, -0.05) is 22.0 Å². The molecule has 1 aromatic rings. The lowest BCUT2D eigenvalue weighted by molar-refractivity contribution is -0.137. The Kier molecular flexibility index (Phi) is 4.80. The molecule has 1 heterocycles. The van der Waals surface area contributed by atoms with Gasteiger partial charge in [-0.05, 0) is 44.0 Å². The van der Waals surface area contributed by atoms with Crippen molar-refractivity contribution in [3.8, 4) is 0 Å². The monoisotopic (exact) mass is 369 g/mol. The standard InChI is InChI=1S/C16H20BrNO4/c1-16(2,3)22-15(21)18-8-10-6-12(17)4-5-13(10)11(9-18)7-14(19)20/h4-6,11H,7-9H2,1-3H3,(H,19,20). The first-order chi connectivity index (χ1) is 10.2. The van der Waals surface area contributed by atoms with Crippen LogP contribution in [0.1, 0.15) is 44.2 Å². The predicted molar refractivity (Wildman–Crippen MR) is 85.8 cm³/mol. The Balaban J connectivity index is 2.27. The second-order valence-electron chi connectivity index (χ2n) is 6.50. The van der Waals surface area contributed by atoms with Crippen LogP contribution in [-0.2, 0) is 16.1 Å². The Labute approximate surface area is 138 Å². The number of fused-ring (bicyclic) bond motifs is 1. The molecule has 0 saturated carbocycles. The van der Waals surface area contributed by atoms with E-state index in [9.17, 15) is 9.59 Å². The number of halogens is 1. The summed E-state index contributed by atoms with van der Waals surface area (Å²) in [5, 5.41) is 9.11. The van der Waals surface area contributed by atoms with Crippen LogP contribution in [0.5, 0.6) is 0 Å². The molecule has 1 unspecified atom stereocenters. The average Bonchev–Trinajstić information content (AvgIpc) is 2.35. The second-order valence-corrected chi connectivity index (χ2v) is 7.41. The number of amides is 1. The minimum Gasteiger partial charge on any atom is -0.481 e. The van der Waals surface area contributed by atoms with Gasteiger partial charge in [-0.2, -0.15) is 0 Å². The van der Waals surface area contributed by atoms with Gasteiger partial charge in [0.1, 0.15) is 5.60 Å². The van der Waals surface area contributed by atoms with Gasteiger partial charge < -0.3 is 14.7 Å². The number of hydrogen-bond acceptors (Lipinski definition) is 3. The van der Waals surface area contributed by atoms with Crippen molar-refractivity contribution in [3.63, 3.8) is 0 Å². The van der Waals surface area contributed by atoms with Crippen molar-refractivity contribution in [2.24, 2.45) is 0 Å². The molecule has 120 valence electrons. The van der Waals surface area contributed by atoms with Gasteiger partial charge >= 0.3 is 12.1 Å². The summed E-state index contributed by atoms with van der Waals surface area (Å²) in [6.45, 7) is 6.23. The zero-order chi connectivity index (χ0) is 16.5. The van der Waals surface area contributed by atoms with E-state index in [1.54, 1.807) is 4.90 Å². The number of carboxylic acids is 1. The largest absolute Gasteiger partial charge is 0.481 e. The van der Waals surface area contributed by atoms with Crippen LogP contribution < -0.4 is 0 Å².